The number of hydrogen-bond acceptors (Lipinski definition) is 3. The largest absolute Gasteiger partial charge is 0.508 e. The highest BCUT2D eigenvalue weighted by molar-refractivity contribution is 5.93. The number of phenolic OH excluding ortho intramolecular Hbond substituents is 1. The molecule has 2 aromatic carbocycles. The minimum atomic E-state index is 0.210. The average Bonchev–Trinajstić information content (AvgIpc) is 2.17. The van der Waals surface area contributed by atoms with Crippen LogP contribution in [0.4, 0.5) is 5.69 Å². The van der Waals surface area contributed by atoms with Gasteiger partial charge in [-0.2, -0.15) is 0 Å². The van der Waals surface area contributed by atoms with Gasteiger partial charge in [0.05, 0.1) is 12.8 Å². The molecule has 3 heteroatoms. The number of fused-ring (bicyclic) bond motifs is 1. The third-order valence-electron chi connectivity index (χ3n) is 2.19. The first-order valence-corrected chi connectivity index (χ1v) is 4.27. The second-order valence-electron chi connectivity index (χ2n) is 3.09. The number of benzene rings is 2. The smallest absolute Gasteiger partial charge is 0.149 e. The van der Waals surface area contributed by atoms with Crippen molar-refractivity contribution in [1.29, 1.82) is 0 Å². The van der Waals surface area contributed by atoms with Gasteiger partial charge in [-0.05, 0) is 23.6 Å². The van der Waals surface area contributed by atoms with Gasteiger partial charge in [0.2, 0.25) is 0 Å². The normalized spacial score (nSPS) is 10.4. The Morgan fingerprint density at radius 1 is 1.21 bits per heavy atom. The number of methoxy groups -OCH3 is 1. The Kier molecular flexibility index (Phi) is 1.93. The highest BCUT2D eigenvalue weighted by Gasteiger charge is 2.05. The summed E-state index contributed by atoms with van der Waals surface area (Å²) in [7, 11) is 1.56. The molecule has 0 fully saturated rings. The van der Waals surface area contributed by atoms with Crippen LogP contribution >= 0.6 is 0 Å². The van der Waals surface area contributed by atoms with Gasteiger partial charge in [-0.3, -0.25) is 0 Å². The Hall–Kier alpha value is -1.90. The van der Waals surface area contributed by atoms with Gasteiger partial charge in [0.15, 0.2) is 0 Å². The number of anilines is 1. The van der Waals surface area contributed by atoms with E-state index < -0.39 is 0 Å². The van der Waals surface area contributed by atoms with Crippen molar-refractivity contribution in [2.45, 2.75) is 0 Å². The van der Waals surface area contributed by atoms with Gasteiger partial charge in [-0.25, -0.2) is 0 Å². The van der Waals surface area contributed by atoms with Crippen LogP contribution in [0.3, 0.4) is 0 Å². The topological polar surface area (TPSA) is 55.5 Å². The van der Waals surface area contributed by atoms with Crippen molar-refractivity contribution in [3.05, 3.63) is 30.3 Å². The maximum atomic E-state index is 9.34. The molecule has 2 aromatic rings. The predicted octanol–water partition coefficient (Wildman–Crippen LogP) is 2.14. The van der Waals surface area contributed by atoms with Crippen molar-refractivity contribution >= 4 is 16.5 Å². The molecule has 0 bridgehead atoms. The van der Waals surface area contributed by atoms with E-state index in [2.05, 4.69) is 0 Å². The fourth-order valence-corrected chi connectivity index (χ4v) is 1.52. The summed E-state index contributed by atoms with van der Waals surface area (Å²) in [5, 5.41) is 11.2. The molecule has 0 aliphatic rings. The minimum Gasteiger partial charge on any atom is -0.508 e. The second-order valence-corrected chi connectivity index (χ2v) is 3.09. The van der Waals surface area contributed by atoms with Crippen LogP contribution in [0.15, 0.2) is 30.3 Å². The van der Waals surface area contributed by atoms with Crippen LogP contribution in [0, 0.1) is 0 Å². The maximum Gasteiger partial charge on any atom is 0.149 e. The van der Waals surface area contributed by atoms with E-state index in [0.717, 1.165) is 10.8 Å². The third kappa shape index (κ3) is 1.23. The first-order valence-electron chi connectivity index (χ1n) is 4.27. The summed E-state index contributed by atoms with van der Waals surface area (Å²) in [6.07, 6.45) is 0. The number of aromatic hydroxyl groups is 1. The molecule has 0 radical (unpaired) electrons. The van der Waals surface area contributed by atoms with E-state index in [1.807, 2.05) is 12.1 Å². The highest BCUT2D eigenvalue weighted by atomic mass is 16.5. The number of nitrogen functional groups attached to an aromatic ring is 1. The molecule has 0 atom stereocenters. The Balaban J connectivity index is 2.84. The maximum absolute atomic E-state index is 9.34. The number of ether oxygens (including phenoxy) is 1. The summed E-state index contributed by atoms with van der Waals surface area (Å²) in [5.41, 5.74) is 6.32. The third-order valence-corrected chi connectivity index (χ3v) is 2.19. The van der Waals surface area contributed by atoms with Crippen molar-refractivity contribution in [1.82, 2.24) is 0 Å². The van der Waals surface area contributed by atoms with E-state index >= 15 is 0 Å². The van der Waals surface area contributed by atoms with E-state index in [1.165, 1.54) is 0 Å². The summed E-state index contributed by atoms with van der Waals surface area (Å²) in [6.45, 7) is 0. The fraction of sp³-hybridized carbons (Fsp3) is 0.0909. The molecular weight excluding hydrogens is 178 g/mol. The van der Waals surface area contributed by atoms with Gasteiger partial charge in [-0.15, -0.1) is 0 Å². The lowest BCUT2D eigenvalue weighted by atomic mass is 10.1. The Morgan fingerprint density at radius 2 is 1.93 bits per heavy atom. The Morgan fingerprint density at radius 3 is 2.64 bits per heavy atom. The molecule has 0 unspecified atom stereocenters. The zero-order chi connectivity index (χ0) is 10.1. The van der Waals surface area contributed by atoms with Crippen LogP contribution < -0.4 is 10.5 Å². The van der Waals surface area contributed by atoms with Crippen molar-refractivity contribution in [3.8, 4) is 11.5 Å². The minimum absolute atomic E-state index is 0.210. The van der Waals surface area contributed by atoms with Gasteiger partial charge in [-0.1, -0.05) is 12.1 Å². The lowest BCUT2D eigenvalue weighted by Crippen LogP contribution is -1.92. The SMILES string of the molecule is COc1c(N)ccc2ccc(O)cc12. The molecule has 3 nitrogen and oxygen atoms in total. The summed E-state index contributed by atoms with van der Waals surface area (Å²) >= 11 is 0. The molecule has 0 amide bonds. The molecule has 0 aromatic heterocycles. The van der Waals surface area contributed by atoms with E-state index in [0.29, 0.717) is 11.4 Å². The van der Waals surface area contributed by atoms with Crippen LogP contribution in [-0.2, 0) is 0 Å². The van der Waals surface area contributed by atoms with Crippen LogP contribution in [0.5, 0.6) is 11.5 Å². The van der Waals surface area contributed by atoms with Crippen molar-refractivity contribution in [3.63, 3.8) is 0 Å². The molecule has 0 aliphatic carbocycles. The first kappa shape index (κ1) is 8.69. The van der Waals surface area contributed by atoms with Crippen molar-refractivity contribution in [2.75, 3.05) is 12.8 Å². The van der Waals surface area contributed by atoms with E-state index in [4.69, 9.17) is 10.5 Å². The Labute approximate surface area is 81.7 Å². The zero-order valence-electron chi connectivity index (χ0n) is 7.82. The van der Waals surface area contributed by atoms with Gasteiger partial charge < -0.3 is 15.6 Å². The summed E-state index contributed by atoms with van der Waals surface area (Å²) in [5.74, 6) is 0.819. The van der Waals surface area contributed by atoms with Crippen LogP contribution in [0.1, 0.15) is 0 Å². The number of rotatable bonds is 1. The summed E-state index contributed by atoms with van der Waals surface area (Å²) in [4.78, 5) is 0. The molecule has 0 heterocycles. The van der Waals surface area contributed by atoms with Gasteiger partial charge in [0.25, 0.3) is 0 Å². The fourth-order valence-electron chi connectivity index (χ4n) is 1.52. The molecule has 72 valence electrons. The lowest BCUT2D eigenvalue weighted by molar-refractivity contribution is 0.421. The molecule has 3 N–H and O–H groups in total. The van der Waals surface area contributed by atoms with Crippen LogP contribution in [0.25, 0.3) is 10.8 Å². The number of phenols is 1. The van der Waals surface area contributed by atoms with E-state index in [9.17, 15) is 5.11 Å². The number of nitrogens with two attached hydrogens (primary N) is 1. The van der Waals surface area contributed by atoms with Gasteiger partial charge >= 0.3 is 0 Å². The van der Waals surface area contributed by atoms with Crippen molar-refractivity contribution in [2.24, 2.45) is 0 Å². The average molecular weight is 189 g/mol. The summed E-state index contributed by atoms with van der Waals surface area (Å²) in [6, 6.07) is 8.79. The summed E-state index contributed by atoms with van der Waals surface area (Å²) < 4.78 is 5.18. The molecule has 0 spiro atoms. The number of hydrogen-bond donors (Lipinski definition) is 2. The standard InChI is InChI=1S/C11H11NO2/c1-14-11-9-6-8(13)4-2-7(9)3-5-10(11)12/h2-6,13H,12H2,1H3. The van der Waals surface area contributed by atoms with Crippen LogP contribution in [-0.4, -0.2) is 12.2 Å². The van der Waals surface area contributed by atoms with Gasteiger partial charge in [0, 0.05) is 5.39 Å². The van der Waals surface area contributed by atoms with Gasteiger partial charge in [0.1, 0.15) is 11.5 Å². The highest BCUT2D eigenvalue weighted by Crippen LogP contribution is 2.33. The molecule has 0 saturated carbocycles. The molecule has 14 heavy (non-hydrogen) atoms. The predicted molar refractivity (Wildman–Crippen MR) is 56.6 cm³/mol. The molecule has 2 rings (SSSR count). The van der Waals surface area contributed by atoms with Crippen molar-refractivity contribution < 1.29 is 9.84 Å². The molecule has 0 saturated heterocycles. The quantitative estimate of drug-likeness (QED) is 0.676. The molecule has 0 aliphatic heterocycles. The molecular formula is C11H11NO2. The van der Waals surface area contributed by atoms with E-state index in [-0.39, 0.29) is 5.75 Å². The first-order chi connectivity index (χ1) is 6.72. The lowest BCUT2D eigenvalue weighted by Gasteiger charge is -2.08. The second kappa shape index (κ2) is 3.10. The van der Waals surface area contributed by atoms with E-state index in [1.54, 1.807) is 25.3 Å². The van der Waals surface area contributed by atoms with Crippen LogP contribution in [0.2, 0.25) is 0 Å². The Bertz CT molecular complexity index is 475. The zero-order valence-corrected chi connectivity index (χ0v) is 7.82. The monoisotopic (exact) mass is 189 g/mol.